The van der Waals surface area contributed by atoms with E-state index in [1.807, 2.05) is 17.9 Å². The Hall–Kier alpha value is -3.08. The lowest BCUT2D eigenvalue weighted by molar-refractivity contribution is -0.149. The molecule has 10 nitrogen and oxygen atoms in total. The lowest BCUT2D eigenvalue weighted by atomic mass is 9.60. The van der Waals surface area contributed by atoms with E-state index in [9.17, 15) is 4.79 Å². The first-order valence-electron chi connectivity index (χ1n) is 16.1. The molecule has 1 spiro atoms. The van der Waals surface area contributed by atoms with Gasteiger partial charge in [0.05, 0.1) is 22.0 Å². The van der Waals surface area contributed by atoms with Gasteiger partial charge in [-0.05, 0) is 63.2 Å². The quantitative estimate of drug-likeness (QED) is 0.239. The number of hydrogen-bond acceptors (Lipinski definition) is 7. The van der Waals surface area contributed by atoms with Crippen LogP contribution in [0, 0.1) is 25.2 Å². The summed E-state index contributed by atoms with van der Waals surface area (Å²) >= 11 is 7.08. The first-order chi connectivity index (χ1) is 21.1. The Morgan fingerprint density at radius 3 is 2.73 bits per heavy atom. The molecule has 0 bridgehead atoms. The molecule has 44 heavy (non-hydrogen) atoms. The van der Waals surface area contributed by atoms with Crippen LogP contribution in [0.25, 0.3) is 22.0 Å². The third-order valence-electron chi connectivity index (χ3n) is 10.3. The molecule has 1 saturated carbocycles. The molecule has 1 aliphatic carbocycles. The number of nitrogen functional groups attached to an aromatic ring is 1. The summed E-state index contributed by atoms with van der Waals surface area (Å²) in [5.41, 5.74) is 11.3. The van der Waals surface area contributed by atoms with Crippen molar-refractivity contribution in [2.75, 3.05) is 57.0 Å². The molecule has 1 amide bonds. The number of hydrogen-bond donors (Lipinski definition) is 3. The molecule has 1 atom stereocenters. The number of anilines is 2. The summed E-state index contributed by atoms with van der Waals surface area (Å²) in [5, 5.41) is 17.9. The van der Waals surface area contributed by atoms with Crippen molar-refractivity contribution in [2.24, 2.45) is 11.3 Å². The van der Waals surface area contributed by atoms with Gasteiger partial charge in [-0.1, -0.05) is 38.4 Å². The highest BCUT2D eigenvalue weighted by molar-refractivity contribution is 6.36. The molecule has 2 saturated heterocycles. The molecule has 4 heterocycles. The average Bonchev–Trinajstić information content (AvgIpc) is 3.50. The summed E-state index contributed by atoms with van der Waals surface area (Å²) in [7, 11) is 0. The minimum Gasteiger partial charge on any atom is -0.382 e. The van der Waals surface area contributed by atoms with Gasteiger partial charge < -0.3 is 20.7 Å². The molecule has 3 aromatic rings. The molecular weight excluding hydrogens is 576 g/mol. The number of amides is 1. The van der Waals surface area contributed by atoms with Gasteiger partial charge in [0.1, 0.15) is 0 Å². The number of ether oxygens (including phenoxy) is 1. The van der Waals surface area contributed by atoms with Crippen molar-refractivity contribution in [2.45, 2.75) is 71.9 Å². The van der Waals surface area contributed by atoms with Gasteiger partial charge in [-0.15, -0.1) is 0 Å². The van der Waals surface area contributed by atoms with Crippen molar-refractivity contribution in [1.29, 1.82) is 0 Å². The minimum atomic E-state index is 0.0158. The molecule has 2 aliphatic heterocycles. The average molecular weight is 623 g/mol. The minimum absolute atomic E-state index is 0.0158. The third kappa shape index (κ3) is 5.61. The van der Waals surface area contributed by atoms with Gasteiger partial charge >= 0.3 is 0 Å². The summed E-state index contributed by atoms with van der Waals surface area (Å²) < 4.78 is 7.85. The highest BCUT2D eigenvalue weighted by atomic mass is 35.5. The van der Waals surface area contributed by atoms with E-state index in [4.69, 9.17) is 27.2 Å². The Labute approximate surface area is 265 Å². The van der Waals surface area contributed by atoms with E-state index >= 15 is 0 Å². The zero-order valence-corrected chi connectivity index (χ0v) is 27.3. The summed E-state index contributed by atoms with van der Waals surface area (Å²) in [6.45, 7) is 18.4. The number of nitrogens with zero attached hydrogens (tertiary/aromatic N) is 5. The Balaban J connectivity index is 1.30. The van der Waals surface area contributed by atoms with Crippen molar-refractivity contribution >= 4 is 40.0 Å². The maximum absolute atomic E-state index is 12.1. The van der Waals surface area contributed by atoms with E-state index in [2.05, 4.69) is 52.4 Å². The number of fused-ring (bicyclic) bond motifs is 1. The van der Waals surface area contributed by atoms with Crippen molar-refractivity contribution in [3.05, 3.63) is 35.0 Å². The number of rotatable bonds is 11. The zero-order valence-electron chi connectivity index (χ0n) is 26.6. The first kappa shape index (κ1) is 30.9. The highest BCUT2D eigenvalue weighted by Gasteiger charge is 2.54. The summed E-state index contributed by atoms with van der Waals surface area (Å²) in [4.78, 5) is 16.6. The SMILES string of the molecule is C=CC(=O)N1CC2(CC(n3nc(NCCN(CC(C)CC)C4CCOCC4)c(-c4c(Cl)c(C)cc5[nH]nc(N)c45)c3C)C2)C1. The van der Waals surface area contributed by atoms with Gasteiger partial charge in [-0.2, -0.15) is 10.2 Å². The van der Waals surface area contributed by atoms with E-state index in [-0.39, 0.29) is 17.4 Å². The van der Waals surface area contributed by atoms with Gasteiger partial charge in [-0.25, -0.2) is 0 Å². The molecule has 3 aliphatic rings. The zero-order chi connectivity index (χ0) is 31.2. The normalized spacial score (nSPS) is 19.4. The standard InChI is InChI=1S/C33H47ClN8O2/c1-6-20(3)17-40(23-8-12-44-13-9-23)11-10-36-32-27(29-28-25(37-38-31(28)35)14-21(4)30(29)34)22(5)42(39-32)24-15-33(16-24)18-41(19-33)26(43)7-2/h7,14,20,23-24H,2,6,8-13,15-19H2,1,3-5H3,(H,36,39)(H3,35,37,38). The number of benzene rings is 1. The lowest BCUT2D eigenvalue weighted by Crippen LogP contribution is -2.63. The number of aromatic amines is 1. The molecular formula is C33H47ClN8O2. The number of nitrogens with two attached hydrogens (primary N) is 1. The summed E-state index contributed by atoms with van der Waals surface area (Å²) in [6.07, 6.45) is 6.71. The van der Waals surface area contributed by atoms with E-state index < -0.39 is 0 Å². The van der Waals surface area contributed by atoms with Crippen LogP contribution in [0.3, 0.4) is 0 Å². The predicted molar refractivity (Wildman–Crippen MR) is 177 cm³/mol. The van der Waals surface area contributed by atoms with Gasteiger partial charge in [0.15, 0.2) is 11.6 Å². The van der Waals surface area contributed by atoms with E-state index in [0.29, 0.717) is 22.8 Å². The first-order valence-corrected chi connectivity index (χ1v) is 16.5. The van der Waals surface area contributed by atoms with Gasteiger partial charge in [-0.3, -0.25) is 19.5 Å². The second-order valence-electron chi connectivity index (χ2n) is 13.4. The molecule has 11 heteroatoms. The van der Waals surface area contributed by atoms with Crippen LogP contribution in [0.5, 0.6) is 0 Å². The van der Waals surface area contributed by atoms with Crippen LogP contribution in [0.2, 0.25) is 5.02 Å². The third-order valence-corrected chi connectivity index (χ3v) is 10.7. The number of nitrogens with one attached hydrogen (secondary N) is 2. The summed E-state index contributed by atoms with van der Waals surface area (Å²) in [5.74, 6) is 1.90. The van der Waals surface area contributed by atoms with Crippen molar-refractivity contribution in [3.8, 4) is 11.1 Å². The van der Waals surface area contributed by atoms with Crippen LogP contribution in [0.1, 0.15) is 63.3 Å². The molecule has 2 aromatic heterocycles. The Kier molecular flexibility index (Phi) is 8.69. The van der Waals surface area contributed by atoms with Gasteiger partial charge in [0.2, 0.25) is 5.91 Å². The molecule has 238 valence electrons. The number of halogens is 1. The van der Waals surface area contributed by atoms with Crippen molar-refractivity contribution < 1.29 is 9.53 Å². The molecule has 1 unspecified atom stereocenters. The Morgan fingerprint density at radius 2 is 2.05 bits per heavy atom. The predicted octanol–water partition coefficient (Wildman–Crippen LogP) is 5.57. The van der Waals surface area contributed by atoms with Crippen LogP contribution in [-0.2, 0) is 9.53 Å². The highest BCUT2D eigenvalue weighted by Crippen LogP contribution is 2.55. The summed E-state index contributed by atoms with van der Waals surface area (Å²) in [6, 6.07) is 2.80. The molecule has 6 rings (SSSR count). The lowest BCUT2D eigenvalue weighted by Gasteiger charge is -2.58. The largest absolute Gasteiger partial charge is 0.382 e. The van der Waals surface area contributed by atoms with Gasteiger partial charge in [0.25, 0.3) is 0 Å². The van der Waals surface area contributed by atoms with Crippen molar-refractivity contribution in [3.63, 3.8) is 0 Å². The maximum atomic E-state index is 12.1. The Morgan fingerprint density at radius 1 is 1.32 bits per heavy atom. The molecule has 0 radical (unpaired) electrons. The van der Waals surface area contributed by atoms with Crippen LogP contribution < -0.4 is 11.1 Å². The van der Waals surface area contributed by atoms with E-state index in [0.717, 1.165) is 117 Å². The maximum Gasteiger partial charge on any atom is 0.245 e. The number of aromatic nitrogens is 4. The fourth-order valence-corrected chi connectivity index (χ4v) is 7.84. The number of H-pyrrole nitrogens is 1. The fourth-order valence-electron chi connectivity index (χ4n) is 7.60. The van der Waals surface area contributed by atoms with Gasteiger partial charge in [0, 0.05) is 74.2 Å². The monoisotopic (exact) mass is 622 g/mol. The van der Waals surface area contributed by atoms with Crippen LogP contribution in [0.4, 0.5) is 11.6 Å². The van der Waals surface area contributed by atoms with Crippen molar-refractivity contribution in [1.82, 2.24) is 29.8 Å². The number of carbonyl (C=O) groups excluding carboxylic acids is 1. The van der Waals surface area contributed by atoms with Crippen LogP contribution >= 0.6 is 11.6 Å². The molecule has 4 N–H and O–H groups in total. The van der Waals surface area contributed by atoms with E-state index in [1.165, 1.54) is 6.08 Å². The number of aryl methyl sites for hydroxylation is 1. The fraction of sp³-hybridized carbons (Fsp3) is 0.606. The second kappa shape index (κ2) is 12.4. The number of carbonyl (C=O) groups is 1. The second-order valence-corrected chi connectivity index (χ2v) is 13.8. The van der Waals surface area contributed by atoms with E-state index in [1.54, 1.807) is 0 Å². The topological polar surface area (TPSA) is 117 Å². The molecule has 3 fully saturated rings. The number of likely N-dealkylation sites (tertiary alicyclic amines) is 1. The smallest absolute Gasteiger partial charge is 0.245 e. The van der Waals surface area contributed by atoms with Crippen LogP contribution in [0.15, 0.2) is 18.7 Å². The Bertz CT molecular complexity index is 1530. The van der Waals surface area contributed by atoms with Crippen LogP contribution in [-0.4, -0.2) is 87.7 Å². The molecule has 1 aromatic carbocycles.